The zero-order valence-corrected chi connectivity index (χ0v) is 12.9. The number of nitrogens with one attached hydrogen (secondary N) is 1. The van der Waals surface area contributed by atoms with Crippen LogP contribution < -0.4 is 15.0 Å². The van der Waals surface area contributed by atoms with Crippen LogP contribution in [0.15, 0.2) is 24.3 Å². The lowest BCUT2D eigenvalue weighted by atomic mass is 9.94. The smallest absolute Gasteiger partial charge is 0.250 e. The normalized spacial score (nSPS) is 23.7. The molecule has 1 aliphatic heterocycles. The quantitative estimate of drug-likeness (QED) is 0.922. The number of nitrogens with zero attached hydrogens (tertiary/aromatic N) is 1. The van der Waals surface area contributed by atoms with Crippen LogP contribution in [0.3, 0.4) is 0 Å². The molecule has 5 heteroatoms. The van der Waals surface area contributed by atoms with E-state index < -0.39 is 12.1 Å². The second kappa shape index (κ2) is 6.16. The SMILES string of the molecule is CCC(C)C1NC(=O)C(C)N(c2cccc(OC)c2)C1=O. The van der Waals surface area contributed by atoms with Crippen LogP contribution in [-0.4, -0.2) is 31.0 Å². The molecule has 21 heavy (non-hydrogen) atoms. The summed E-state index contributed by atoms with van der Waals surface area (Å²) in [7, 11) is 1.58. The van der Waals surface area contributed by atoms with E-state index in [0.29, 0.717) is 11.4 Å². The standard InChI is InChI=1S/C16H22N2O3/c1-5-10(2)14-16(20)18(11(3)15(19)17-14)12-7-6-8-13(9-12)21-4/h6-11,14H,5H2,1-4H3,(H,17,19). The molecule has 2 rings (SSSR count). The lowest BCUT2D eigenvalue weighted by molar-refractivity contribution is -0.134. The summed E-state index contributed by atoms with van der Waals surface area (Å²) in [6.45, 7) is 5.72. The molecule has 1 fully saturated rings. The zero-order valence-electron chi connectivity index (χ0n) is 12.9. The van der Waals surface area contributed by atoms with Crippen LogP contribution in [0.25, 0.3) is 0 Å². The highest BCUT2D eigenvalue weighted by atomic mass is 16.5. The molecule has 3 unspecified atom stereocenters. The van der Waals surface area contributed by atoms with Gasteiger partial charge in [0.15, 0.2) is 0 Å². The zero-order chi connectivity index (χ0) is 15.6. The monoisotopic (exact) mass is 290 g/mol. The summed E-state index contributed by atoms with van der Waals surface area (Å²) in [4.78, 5) is 26.5. The van der Waals surface area contributed by atoms with Gasteiger partial charge in [-0.05, 0) is 25.0 Å². The molecule has 1 saturated heterocycles. The molecule has 0 radical (unpaired) electrons. The first kappa shape index (κ1) is 15.4. The van der Waals surface area contributed by atoms with Gasteiger partial charge in [0, 0.05) is 11.8 Å². The number of benzene rings is 1. The second-order valence-electron chi connectivity index (χ2n) is 5.46. The van der Waals surface area contributed by atoms with Crippen molar-refractivity contribution in [1.82, 2.24) is 5.32 Å². The van der Waals surface area contributed by atoms with E-state index in [1.165, 1.54) is 0 Å². The summed E-state index contributed by atoms with van der Waals surface area (Å²) in [5.41, 5.74) is 0.690. The fraction of sp³-hybridized carbons (Fsp3) is 0.500. The van der Waals surface area contributed by atoms with Gasteiger partial charge >= 0.3 is 0 Å². The van der Waals surface area contributed by atoms with Crippen LogP contribution in [0.2, 0.25) is 0 Å². The Labute approximate surface area is 125 Å². The number of amides is 2. The van der Waals surface area contributed by atoms with Gasteiger partial charge in [0.2, 0.25) is 5.91 Å². The molecule has 0 saturated carbocycles. The van der Waals surface area contributed by atoms with Crippen molar-refractivity contribution in [2.75, 3.05) is 12.0 Å². The number of piperazine rings is 1. The summed E-state index contributed by atoms with van der Waals surface area (Å²) in [6.07, 6.45) is 0.830. The van der Waals surface area contributed by atoms with Crippen LogP contribution in [0, 0.1) is 5.92 Å². The van der Waals surface area contributed by atoms with Gasteiger partial charge < -0.3 is 10.1 Å². The maximum atomic E-state index is 12.8. The molecule has 0 bridgehead atoms. The summed E-state index contributed by atoms with van der Waals surface area (Å²) in [6, 6.07) is 6.24. The minimum absolute atomic E-state index is 0.0651. The van der Waals surface area contributed by atoms with Crippen LogP contribution in [0.4, 0.5) is 5.69 Å². The maximum absolute atomic E-state index is 12.8. The van der Waals surface area contributed by atoms with Crippen LogP contribution in [0.1, 0.15) is 27.2 Å². The van der Waals surface area contributed by atoms with Crippen molar-refractivity contribution in [3.8, 4) is 5.75 Å². The molecule has 3 atom stereocenters. The molecule has 114 valence electrons. The second-order valence-corrected chi connectivity index (χ2v) is 5.46. The van der Waals surface area contributed by atoms with E-state index in [9.17, 15) is 9.59 Å². The molecular weight excluding hydrogens is 268 g/mol. The molecule has 0 aliphatic carbocycles. The Morgan fingerprint density at radius 2 is 2.10 bits per heavy atom. The highest BCUT2D eigenvalue weighted by molar-refractivity contribution is 6.08. The van der Waals surface area contributed by atoms with Gasteiger partial charge in [0.05, 0.1) is 7.11 Å². The van der Waals surface area contributed by atoms with Crippen LogP contribution >= 0.6 is 0 Å². The third-order valence-corrected chi connectivity index (χ3v) is 4.11. The van der Waals surface area contributed by atoms with Crippen molar-refractivity contribution in [1.29, 1.82) is 0 Å². The molecule has 1 aromatic rings. The number of hydrogen-bond donors (Lipinski definition) is 1. The molecule has 5 nitrogen and oxygen atoms in total. The Kier molecular flexibility index (Phi) is 4.50. The Hall–Kier alpha value is -2.04. The third kappa shape index (κ3) is 2.86. The fourth-order valence-electron chi connectivity index (χ4n) is 2.53. The Bertz CT molecular complexity index is 544. The first-order valence-corrected chi connectivity index (χ1v) is 7.27. The summed E-state index contributed by atoms with van der Waals surface area (Å²) in [5.74, 6) is 0.577. The van der Waals surface area contributed by atoms with Crippen LogP contribution in [0.5, 0.6) is 5.75 Å². The van der Waals surface area contributed by atoms with Crippen molar-refractivity contribution < 1.29 is 14.3 Å². The molecule has 2 amide bonds. The van der Waals surface area contributed by atoms with Crippen molar-refractivity contribution in [3.05, 3.63) is 24.3 Å². The molecule has 0 aromatic heterocycles. The third-order valence-electron chi connectivity index (χ3n) is 4.11. The topological polar surface area (TPSA) is 58.6 Å². The largest absolute Gasteiger partial charge is 0.497 e. The summed E-state index contributed by atoms with van der Waals surface area (Å²) >= 11 is 0. The summed E-state index contributed by atoms with van der Waals surface area (Å²) < 4.78 is 5.20. The van der Waals surface area contributed by atoms with E-state index in [4.69, 9.17) is 4.74 Å². The lowest BCUT2D eigenvalue weighted by Gasteiger charge is -2.39. The molecule has 1 aliphatic rings. The van der Waals surface area contributed by atoms with Crippen molar-refractivity contribution in [2.24, 2.45) is 5.92 Å². The molecule has 0 spiro atoms. The minimum atomic E-state index is -0.523. The van der Waals surface area contributed by atoms with Crippen LogP contribution in [-0.2, 0) is 9.59 Å². The van der Waals surface area contributed by atoms with E-state index >= 15 is 0 Å². The number of carbonyl (C=O) groups excluding carboxylic acids is 2. The molecule has 1 N–H and O–H groups in total. The van der Waals surface area contributed by atoms with E-state index in [1.54, 1.807) is 25.0 Å². The molecule has 1 aromatic carbocycles. The van der Waals surface area contributed by atoms with Gasteiger partial charge in [-0.15, -0.1) is 0 Å². The number of carbonyl (C=O) groups is 2. The van der Waals surface area contributed by atoms with E-state index in [-0.39, 0.29) is 17.7 Å². The highest BCUT2D eigenvalue weighted by Gasteiger charge is 2.40. The first-order valence-electron chi connectivity index (χ1n) is 7.27. The number of hydrogen-bond acceptors (Lipinski definition) is 3. The van der Waals surface area contributed by atoms with Crippen molar-refractivity contribution >= 4 is 17.5 Å². The highest BCUT2D eigenvalue weighted by Crippen LogP contribution is 2.27. The van der Waals surface area contributed by atoms with Gasteiger partial charge in [0.1, 0.15) is 17.8 Å². The van der Waals surface area contributed by atoms with E-state index in [0.717, 1.165) is 6.42 Å². The maximum Gasteiger partial charge on any atom is 0.250 e. The number of methoxy groups -OCH3 is 1. The van der Waals surface area contributed by atoms with E-state index in [2.05, 4.69) is 5.32 Å². The number of rotatable bonds is 4. The Morgan fingerprint density at radius 1 is 1.38 bits per heavy atom. The lowest BCUT2D eigenvalue weighted by Crippen LogP contribution is -2.64. The minimum Gasteiger partial charge on any atom is -0.497 e. The van der Waals surface area contributed by atoms with Gasteiger partial charge in [-0.3, -0.25) is 14.5 Å². The predicted molar refractivity (Wildman–Crippen MR) is 81.3 cm³/mol. The van der Waals surface area contributed by atoms with E-state index in [1.807, 2.05) is 32.0 Å². The van der Waals surface area contributed by atoms with Gasteiger partial charge in [-0.25, -0.2) is 0 Å². The predicted octanol–water partition coefficient (Wildman–Crippen LogP) is 1.96. The summed E-state index contributed by atoms with van der Waals surface area (Å²) in [5, 5.41) is 2.83. The molecular formula is C16H22N2O3. The Morgan fingerprint density at radius 3 is 2.71 bits per heavy atom. The van der Waals surface area contributed by atoms with Gasteiger partial charge in [0.25, 0.3) is 5.91 Å². The average Bonchev–Trinajstić information content (AvgIpc) is 2.50. The molecule has 1 heterocycles. The fourth-order valence-corrected chi connectivity index (χ4v) is 2.53. The van der Waals surface area contributed by atoms with Crippen molar-refractivity contribution in [3.63, 3.8) is 0 Å². The number of ether oxygens (including phenoxy) is 1. The first-order chi connectivity index (χ1) is 9.99. The average molecular weight is 290 g/mol. The number of anilines is 1. The van der Waals surface area contributed by atoms with Gasteiger partial charge in [-0.2, -0.15) is 0 Å². The Balaban J connectivity index is 2.38. The van der Waals surface area contributed by atoms with Gasteiger partial charge in [-0.1, -0.05) is 26.3 Å². The van der Waals surface area contributed by atoms with Crippen molar-refractivity contribution in [2.45, 2.75) is 39.3 Å².